The molecule has 2 heterocycles. The first kappa shape index (κ1) is 12.7. The van der Waals surface area contributed by atoms with E-state index in [1.807, 2.05) is 53.4 Å². The molecule has 20 heavy (non-hydrogen) atoms. The van der Waals surface area contributed by atoms with E-state index in [0.717, 1.165) is 18.5 Å². The molecule has 0 N–H and O–H groups in total. The molecule has 0 saturated carbocycles. The van der Waals surface area contributed by atoms with E-state index >= 15 is 0 Å². The van der Waals surface area contributed by atoms with Crippen LogP contribution in [-0.2, 0) is 0 Å². The molecule has 0 radical (unpaired) electrons. The zero-order chi connectivity index (χ0) is 13.8. The number of carbonyl (C=O) groups is 1. The lowest BCUT2D eigenvalue weighted by Crippen LogP contribution is -2.30. The number of carbonyl (C=O) groups excluding carboxylic acids is 1. The van der Waals surface area contributed by atoms with Crippen molar-refractivity contribution < 1.29 is 9.53 Å². The van der Waals surface area contributed by atoms with Crippen molar-refractivity contribution in [3.8, 4) is 5.88 Å². The molecular formula is C16H16N2O2. The quantitative estimate of drug-likeness (QED) is 0.858. The Morgan fingerprint density at radius 2 is 1.95 bits per heavy atom. The lowest BCUT2D eigenvalue weighted by Gasteiger charge is -2.17. The minimum absolute atomic E-state index is 0.0255. The number of ether oxygens (including phenoxy) is 1. The van der Waals surface area contributed by atoms with E-state index in [9.17, 15) is 4.79 Å². The minimum Gasteiger partial charge on any atom is -0.472 e. The number of benzene rings is 1. The summed E-state index contributed by atoms with van der Waals surface area (Å²) >= 11 is 0. The van der Waals surface area contributed by atoms with Crippen molar-refractivity contribution in [2.75, 3.05) is 13.1 Å². The fraction of sp³-hybridized carbons (Fsp3) is 0.250. The molecule has 0 aliphatic carbocycles. The van der Waals surface area contributed by atoms with Gasteiger partial charge in [-0.2, -0.15) is 0 Å². The number of aromatic nitrogens is 1. The van der Waals surface area contributed by atoms with Gasteiger partial charge in [-0.3, -0.25) is 4.79 Å². The summed E-state index contributed by atoms with van der Waals surface area (Å²) in [4.78, 5) is 18.3. The molecule has 1 aliphatic heterocycles. The number of nitrogens with zero attached hydrogens (tertiary/aromatic N) is 2. The predicted molar refractivity (Wildman–Crippen MR) is 75.6 cm³/mol. The monoisotopic (exact) mass is 268 g/mol. The zero-order valence-corrected chi connectivity index (χ0v) is 11.1. The highest BCUT2D eigenvalue weighted by Gasteiger charge is 2.28. The van der Waals surface area contributed by atoms with Crippen molar-refractivity contribution in [3.63, 3.8) is 0 Å². The molecule has 1 saturated heterocycles. The van der Waals surface area contributed by atoms with Gasteiger partial charge in [0.25, 0.3) is 5.91 Å². The van der Waals surface area contributed by atoms with Crippen LogP contribution >= 0.6 is 0 Å². The average molecular weight is 268 g/mol. The molecule has 1 aliphatic rings. The van der Waals surface area contributed by atoms with Crippen molar-refractivity contribution in [3.05, 3.63) is 60.3 Å². The van der Waals surface area contributed by atoms with Crippen LogP contribution < -0.4 is 4.74 Å². The number of pyridine rings is 1. The summed E-state index contributed by atoms with van der Waals surface area (Å²) in [5.41, 5.74) is 0.728. The standard InChI is InChI=1S/C16H16N2O2/c19-16(13-6-2-1-3-7-13)18-11-9-14(12-18)20-15-8-4-5-10-17-15/h1-8,10,14H,9,11-12H2. The molecule has 1 aromatic carbocycles. The first-order chi connectivity index (χ1) is 9.83. The van der Waals surface area contributed by atoms with Crippen LogP contribution in [0.15, 0.2) is 54.7 Å². The molecule has 102 valence electrons. The molecule has 3 rings (SSSR count). The van der Waals surface area contributed by atoms with Gasteiger partial charge in [0.15, 0.2) is 0 Å². The highest BCUT2D eigenvalue weighted by Crippen LogP contribution is 2.18. The average Bonchev–Trinajstić information content (AvgIpc) is 2.97. The molecule has 4 heteroatoms. The largest absolute Gasteiger partial charge is 0.472 e. The van der Waals surface area contributed by atoms with Crippen molar-refractivity contribution in [2.24, 2.45) is 0 Å². The molecule has 1 atom stereocenters. The van der Waals surface area contributed by atoms with Crippen LogP contribution in [0.5, 0.6) is 5.88 Å². The summed E-state index contributed by atoms with van der Waals surface area (Å²) in [6.07, 6.45) is 2.57. The second-order valence-electron chi connectivity index (χ2n) is 4.81. The number of rotatable bonds is 3. The summed E-state index contributed by atoms with van der Waals surface area (Å²) in [6.45, 7) is 1.34. The Morgan fingerprint density at radius 3 is 2.70 bits per heavy atom. The fourth-order valence-electron chi connectivity index (χ4n) is 2.36. The maximum Gasteiger partial charge on any atom is 0.253 e. The van der Waals surface area contributed by atoms with Crippen LogP contribution in [0, 0.1) is 0 Å². The maximum absolute atomic E-state index is 12.3. The number of amides is 1. The topological polar surface area (TPSA) is 42.4 Å². The Morgan fingerprint density at radius 1 is 1.15 bits per heavy atom. The lowest BCUT2D eigenvalue weighted by molar-refractivity contribution is 0.0771. The molecule has 1 aromatic heterocycles. The normalized spacial score (nSPS) is 18.0. The predicted octanol–water partition coefficient (Wildman–Crippen LogP) is 2.38. The number of hydrogen-bond donors (Lipinski definition) is 0. The van der Waals surface area contributed by atoms with Gasteiger partial charge in [-0.15, -0.1) is 0 Å². The van der Waals surface area contributed by atoms with Gasteiger partial charge in [-0.1, -0.05) is 24.3 Å². The van der Waals surface area contributed by atoms with Crippen LogP contribution in [0.3, 0.4) is 0 Å². The fourth-order valence-corrected chi connectivity index (χ4v) is 2.36. The van der Waals surface area contributed by atoms with Crippen LogP contribution in [0.4, 0.5) is 0 Å². The van der Waals surface area contributed by atoms with Gasteiger partial charge < -0.3 is 9.64 Å². The molecule has 1 unspecified atom stereocenters. The van der Waals surface area contributed by atoms with E-state index in [2.05, 4.69) is 4.98 Å². The van der Waals surface area contributed by atoms with Gasteiger partial charge in [-0.05, 0) is 18.2 Å². The van der Waals surface area contributed by atoms with Crippen LogP contribution in [0.1, 0.15) is 16.8 Å². The van der Waals surface area contributed by atoms with Gasteiger partial charge >= 0.3 is 0 Å². The molecule has 2 aromatic rings. The second-order valence-corrected chi connectivity index (χ2v) is 4.81. The Hall–Kier alpha value is -2.36. The van der Waals surface area contributed by atoms with E-state index in [-0.39, 0.29) is 12.0 Å². The van der Waals surface area contributed by atoms with Crippen molar-refractivity contribution in [2.45, 2.75) is 12.5 Å². The van der Waals surface area contributed by atoms with E-state index in [0.29, 0.717) is 12.4 Å². The minimum atomic E-state index is 0.0255. The van der Waals surface area contributed by atoms with E-state index < -0.39 is 0 Å². The summed E-state index contributed by atoms with van der Waals surface area (Å²) < 4.78 is 5.79. The third-order valence-electron chi connectivity index (χ3n) is 3.38. The summed E-state index contributed by atoms with van der Waals surface area (Å²) in [5, 5.41) is 0. The van der Waals surface area contributed by atoms with E-state index in [1.165, 1.54) is 0 Å². The zero-order valence-electron chi connectivity index (χ0n) is 11.1. The SMILES string of the molecule is O=C(c1ccccc1)N1CCC(Oc2ccccn2)C1. The Bertz CT molecular complexity index is 572. The lowest BCUT2D eigenvalue weighted by atomic mass is 10.2. The highest BCUT2D eigenvalue weighted by atomic mass is 16.5. The third-order valence-corrected chi connectivity index (χ3v) is 3.38. The van der Waals surface area contributed by atoms with Crippen molar-refractivity contribution in [1.29, 1.82) is 0 Å². The van der Waals surface area contributed by atoms with Crippen molar-refractivity contribution in [1.82, 2.24) is 9.88 Å². The highest BCUT2D eigenvalue weighted by molar-refractivity contribution is 5.94. The Kier molecular flexibility index (Phi) is 3.63. The smallest absolute Gasteiger partial charge is 0.253 e. The molecule has 1 amide bonds. The van der Waals surface area contributed by atoms with Gasteiger partial charge in [0.05, 0.1) is 6.54 Å². The number of hydrogen-bond acceptors (Lipinski definition) is 3. The summed E-state index contributed by atoms with van der Waals surface area (Å²) in [6, 6.07) is 14.9. The molecule has 1 fully saturated rings. The first-order valence-electron chi connectivity index (χ1n) is 6.75. The first-order valence-corrected chi connectivity index (χ1v) is 6.75. The van der Waals surface area contributed by atoms with Crippen molar-refractivity contribution >= 4 is 5.91 Å². The Balaban J connectivity index is 1.61. The molecule has 4 nitrogen and oxygen atoms in total. The summed E-state index contributed by atoms with van der Waals surface area (Å²) in [7, 11) is 0. The van der Waals surface area contributed by atoms with E-state index in [1.54, 1.807) is 6.20 Å². The van der Waals surface area contributed by atoms with Crippen LogP contribution in [0.2, 0.25) is 0 Å². The maximum atomic E-state index is 12.3. The molecule has 0 spiro atoms. The molecular weight excluding hydrogens is 252 g/mol. The summed E-state index contributed by atoms with van der Waals surface area (Å²) in [5.74, 6) is 0.684. The van der Waals surface area contributed by atoms with Gasteiger partial charge in [-0.25, -0.2) is 4.98 Å². The van der Waals surface area contributed by atoms with Gasteiger partial charge in [0, 0.05) is 30.8 Å². The van der Waals surface area contributed by atoms with Gasteiger partial charge in [0.2, 0.25) is 5.88 Å². The third kappa shape index (κ3) is 2.79. The van der Waals surface area contributed by atoms with Crippen LogP contribution in [0.25, 0.3) is 0 Å². The van der Waals surface area contributed by atoms with Gasteiger partial charge in [0.1, 0.15) is 6.10 Å². The number of likely N-dealkylation sites (tertiary alicyclic amines) is 1. The van der Waals surface area contributed by atoms with Crippen LogP contribution in [-0.4, -0.2) is 35.0 Å². The molecule has 0 bridgehead atoms. The van der Waals surface area contributed by atoms with E-state index in [4.69, 9.17) is 4.74 Å². The second kappa shape index (κ2) is 5.74. The Labute approximate surface area is 118 Å².